The number of oxime groups is 1. The molecule has 18 heteroatoms. The fourth-order valence-corrected chi connectivity index (χ4v) is 5.59. The minimum Gasteiger partial charge on any atom is -0.457 e. The van der Waals surface area contributed by atoms with E-state index in [1.54, 1.807) is 0 Å². The standard InChI is InChI=1S/C21H20F3N5O8S2/c1-8-11(37-20(33)36-8)5-35-18(32)14-9(3-4-21(22,23)24)6-38-17-13(16(31)29(14)17)27-15(30)12(28-34-2)10-7-39-19(25)26-10/h3-4,7-8,11,13,17H,5-6H2,1-2H3,(H2,25,26)(H,27,30)/b4-3+,28-12+. The van der Waals surface area contributed by atoms with Gasteiger partial charge in [0.05, 0.1) is 0 Å². The normalized spacial score (nSPS) is 25.2. The predicted molar refractivity (Wildman–Crippen MR) is 129 cm³/mol. The number of rotatable bonds is 8. The first-order valence-electron chi connectivity index (χ1n) is 11.0. The molecule has 2 saturated heterocycles. The Kier molecular flexibility index (Phi) is 8.05. The second-order valence-electron chi connectivity index (χ2n) is 8.13. The molecule has 4 heterocycles. The van der Waals surface area contributed by atoms with Gasteiger partial charge in [-0.15, -0.1) is 23.1 Å². The lowest BCUT2D eigenvalue weighted by atomic mass is 10.0. The summed E-state index contributed by atoms with van der Waals surface area (Å²) in [6, 6.07) is -1.15. The average molecular weight is 592 g/mol. The van der Waals surface area contributed by atoms with Crippen molar-refractivity contribution in [3.05, 3.63) is 34.5 Å². The van der Waals surface area contributed by atoms with E-state index in [1.165, 1.54) is 19.4 Å². The quantitative estimate of drug-likeness (QED) is 0.193. The van der Waals surface area contributed by atoms with Gasteiger partial charge in [-0.05, 0) is 12.5 Å². The number of nitrogens with zero attached hydrogens (tertiary/aromatic N) is 3. The summed E-state index contributed by atoms with van der Waals surface area (Å²) in [5, 5.41) is 6.91. The molecular formula is C21H20F3N5O8S2. The van der Waals surface area contributed by atoms with E-state index in [1.807, 2.05) is 0 Å². The van der Waals surface area contributed by atoms with Crippen molar-refractivity contribution in [3.8, 4) is 0 Å². The molecule has 4 rings (SSSR count). The number of nitrogens with one attached hydrogen (secondary N) is 1. The number of hydrogen-bond donors (Lipinski definition) is 2. The molecule has 13 nitrogen and oxygen atoms in total. The number of nitrogens with two attached hydrogens (primary N) is 1. The van der Waals surface area contributed by atoms with Gasteiger partial charge in [-0.1, -0.05) is 11.2 Å². The molecule has 2 amide bonds. The number of anilines is 1. The number of esters is 1. The lowest BCUT2D eigenvalue weighted by Crippen LogP contribution is -2.71. The lowest BCUT2D eigenvalue weighted by molar-refractivity contribution is -0.153. The van der Waals surface area contributed by atoms with Crippen LogP contribution in [0.15, 0.2) is 34.0 Å². The second kappa shape index (κ2) is 11.1. The molecular weight excluding hydrogens is 571 g/mol. The van der Waals surface area contributed by atoms with Crippen molar-refractivity contribution >= 4 is 57.9 Å². The number of fused-ring (bicyclic) bond motifs is 1. The molecule has 210 valence electrons. The molecule has 3 aliphatic heterocycles. The number of amides is 2. The van der Waals surface area contributed by atoms with Crippen molar-refractivity contribution in [2.75, 3.05) is 25.2 Å². The van der Waals surface area contributed by atoms with E-state index < -0.39 is 66.0 Å². The third-order valence-electron chi connectivity index (χ3n) is 5.55. The van der Waals surface area contributed by atoms with Crippen molar-refractivity contribution in [1.29, 1.82) is 0 Å². The number of halogens is 3. The molecule has 0 radical (unpaired) electrons. The third kappa shape index (κ3) is 6.11. The topological polar surface area (TPSA) is 172 Å². The van der Waals surface area contributed by atoms with Crippen LogP contribution in [0.25, 0.3) is 0 Å². The Balaban J connectivity index is 1.54. The Bertz CT molecular complexity index is 1280. The van der Waals surface area contributed by atoms with Gasteiger partial charge in [0.1, 0.15) is 42.6 Å². The molecule has 4 atom stereocenters. The highest BCUT2D eigenvalue weighted by molar-refractivity contribution is 8.00. The van der Waals surface area contributed by atoms with Crippen LogP contribution in [0.2, 0.25) is 0 Å². The summed E-state index contributed by atoms with van der Waals surface area (Å²) < 4.78 is 53.4. The highest BCUT2D eigenvalue weighted by atomic mass is 32.2. The molecule has 2 fully saturated rings. The number of carbonyl (C=O) groups excluding carboxylic acids is 4. The molecule has 3 N–H and O–H groups in total. The molecule has 0 bridgehead atoms. The van der Waals surface area contributed by atoms with Gasteiger partial charge in [0.2, 0.25) is 0 Å². The van der Waals surface area contributed by atoms with Crippen LogP contribution >= 0.6 is 23.1 Å². The molecule has 0 spiro atoms. The van der Waals surface area contributed by atoms with E-state index in [-0.39, 0.29) is 33.9 Å². The molecule has 0 saturated carbocycles. The highest BCUT2D eigenvalue weighted by Crippen LogP contribution is 2.41. The van der Waals surface area contributed by atoms with Crippen LogP contribution in [-0.2, 0) is 33.4 Å². The van der Waals surface area contributed by atoms with Gasteiger partial charge in [0.25, 0.3) is 11.8 Å². The second-order valence-corrected chi connectivity index (χ2v) is 10.1. The minimum atomic E-state index is -4.68. The first kappa shape index (κ1) is 28.2. The van der Waals surface area contributed by atoms with Gasteiger partial charge >= 0.3 is 18.3 Å². The summed E-state index contributed by atoms with van der Waals surface area (Å²) in [5.74, 6) is -2.83. The summed E-state index contributed by atoms with van der Waals surface area (Å²) in [4.78, 5) is 59.9. The van der Waals surface area contributed by atoms with Crippen LogP contribution in [0.3, 0.4) is 0 Å². The van der Waals surface area contributed by atoms with Gasteiger partial charge < -0.3 is 30.1 Å². The zero-order chi connectivity index (χ0) is 28.5. The van der Waals surface area contributed by atoms with Gasteiger partial charge in [-0.3, -0.25) is 14.5 Å². The van der Waals surface area contributed by atoms with Crippen LogP contribution in [0.5, 0.6) is 0 Å². The van der Waals surface area contributed by atoms with Crippen LogP contribution in [-0.4, -0.2) is 88.8 Å². The molecule has 3 aliphatic rings. The number of thioether (sulfide) groups is 1. The zero-order valence-corrected chi connectivity index (χ0v) is 21.7. The Morgan fingerprint density at radius 2 is 2.10 bits per heavy atom. The summed E-state index contributed by atoms with van der Waals surface area (Å²) in [6.07, 6.45) is -6.71. The van der Waals surface area contributed by atoms with Gasteiger partial charge in [-0.25, -0.2) is 14.6 Å². The van der Waals surface area contributed by atoms with E-state index in [4.69, 9.17) is 24.8 Å². The van der Waals surface area contributed by atoms with E-state index in [0.717, 1.165) is 28.0 Å². The van der Waals surface area contributed by atoms with E-state index in [9.17, 15) is 32.3 Å². The Labute approximate surface area is 226 Å². The molecule has 0 aromatic carbocycles. The molecule has 39 heavy (non-hydrogen) atoms. The largest absolute Gasteiger partial charge is 0.509 e. The van der Waals surface area contributed by atoms with Crippen molar-refractivity contribution in [1.82, 2.24) is 15.2 Å². The van der Waals surface area contributed by atoms with Crippen molar-refractivity contribution in [3.63, 3.8) is 0 Å². The van der Waals surface area contributed by atoms with Crippen LogP contribution < -0.4 is 11.1 Å². The highest BCUT2D eigenvalue weighted by Gasteiger charge is 2.54. The van der Waals surface area contributed by atoms with Crippen LogP contribution in [0.1, 0.15) is 12.6 Å². The Morgan fingerprint density at radius 1 is 1.36 bits per heavy atom. The third-order valence-corrected chi connectivity index (χ3v) is 7.52. The summed E-state index contributed by atoms with van der Waals surface area (Å²) >= 11 is 2.08. The molecule has 1 aromatic heterocycles. The maximum absolute atomic E-state index is 13.1. The lowest BCUT2D eigenvalue weighted by Gasteiger charge is -2.49. The molecule has 0 aliphatic carbocycles. The Hall–Kier alpha value is -3.80. The van der Waals surface area contributed by atoms with Gasteiger partial charge in [0.15, 0.2) is 16.9 Å². The zero-order valence-electron chi connectivity index (χ0n) is 20.1. The number of allylic oxidation sites excluding steroid dienone is 2. The van der Waals surface area contributed by atoms with Crippen molar-refractivity contribution in [2.45, 2.75) is 36.7 Å². The number of thiazole rings is 1. The number of carbonyl (C=O) groups is 4. The number of nitrogen functional groups attached to an aromatic ring is 1. The predicted octanol–water partition coefficient (Wildman–Crippen LogP) is 1.32. The fourth-order valence-electron chi connectivity index (χ4n) is 3.73. The number of hydrogen-bond acceptors (Lipinski definition) is 13. The van der Waals surface area contributed by atoms with Crippen molar-refractivity contribution in [2.24, 2.45) is 5.16 Å². The molecule has 4 unspecified atom stereocenters. The maximum atomic E-state index is 13.1. The van der Waals surface area contributed by atoms with Gasteiger partial charge in [0, 0.05) is 17.2 Å². The number of cyclic esters (lactones) is 2. The van der Waals surface area contributed by atoms with Gasteiger partial charge in [-0.2, -0.15) is 13.2 Å². The number of aromatic nitrogens is 1. The molecule has 1 aromatic rings. The number of ether oxygens (including phenoxy) is 3. The van der Waals surface area contributed by atoms with E-state index >= 15 is 0 Å². The SMILES string of the molecule is CO/N=C(/C(=O)NC1C(=O)N2C(C(=O)OCC3OC(=O)OC3C)=C(/C=C/C(F)(F)F)CSC12)c1csc(N)n1. The Morgan fingerprint density at radius 3 is 2.69 bits per heavy atom. The fraction of sp³-hybridized carbons (Fsp3) is 0.429. The average Bonchev–Trinajstić information content (AvgIpc) is 3.45. The van der Waals surface area contributed by atoms with E-state index in [2.05, 4.69) is 15.5 Å². The first-order valence-corrected chi connectivity index (χ1v) is 12.9. The number of alkyl halides is 3. The summed E-state index contributed by atoms with van der Waals surface area (Å²) in [5.41, 5.74) is 4.90. The monoisotopic (exact) mass is 591 g/mol. The number of β-lactam (4-membered cyclic amide) rings is 1. The van der Waals surface area contributed by atoms with Crippen LogP contribution in [0, 0.1) is 0 Å². The first-order chi connectivity index (χ1) is 18.4. The van der Waals surface area contributed by atoms with Crippen molar-refractivity contribution < 1.29 is 51.4 Å². The maximum Gasteiger partial charge on any atom is 0.509 e. The minimum absolute atomic E-state index is 0.0677. The van der Waals surface area contributed by atoms with E-state index in [0.29, 0.717) is 6.08 Å². The van der Waals surface area contributed by atoms with Crippen LogP contribution in [0.4, 0.5) is 23.1 Å². The summed E-state index contributed by atoms with van der Waals surface area (Å²) in [7, 11) is 1.20. The summed E-state index contributed by atoms with van der Waals surface area (Å²) in [6.45, 7) is 1.04. The smallest absolute Gasteiger partial charge is 0.457 e.